The van der Waals surface area contributed by atoms with Crippen LogP contribution in [0, 0.1) is 5.92 Å². The first-order valence-corrected chi connectivity index (χ1v) is 7.36. The summed E-state index contributed by atoms with van der Waals surface area (Å²) in [6.07, 6.45) is 1.42. The molecule has 0 aliphatic rings. The summed E-state index contributed by atoms with van der Waals surface area (Å²) < 4.78 is 10.9. The Morgan fingerprint density at radius 3 is 2.82 bits per heavy atom. The normalized spacial score (nSPS) is 10.7. The number of benzene rings is 1. The van der Waals surface area contributed by atoms with Gasteiger partial charge in [0.1, 0.15) is 17.8 Å². The van der Waals surface area contributed by atoms with Gasteiger partial charge < -0.3 is 20.2 Å². The van der Waals surface area contributed by atoms with Gasteiger partial charge in [0.25, 0.3) is 5.91 Å². The molecular formula is C17H22N2O3. The number of hydrogen-bond donors (Lipinski definition) is 2. The van der Waals surface area contributed by atoms with Gasteiger partial charge in [-0.1, -0.05) is 32.0 Å². The fourth-order valence-electron chi connectivity index (χ4n) is 1.93. The van der Waals surface area contributed by atoms with Crippen molar-refractivity contribution in [1.82, 2.24) is 5.32 Å². The molecule has 5 heteroatoms. The predicted molar refractivity (Wildman–Crippen MR) is 84.5 cm³/mol. The third kappa shape index (κ3) is 4.36. The van der Waals surface area contributed by atoms with Gasteiger partial charge in [-0.15, -0.1) is 0 Å². The first-order chi connectivity index (χ1) is 10.6. The molecule has 3 N–H and O–H groups in total. The molecule has 0 aliphatic carbocycles. The topological polar surface area (TPSA) is 77.5 Å². The summed E-state index contributed by atoms with van der Waals surface area (Å²) in [6, 6.07) is 9.35. The van der Waals surface area contributed by atoms with Gasteiger partial charge in [-0.3, -0.25) is 4.79 Å². The second-order valence-electron chi connectivity index (χ2n) is 5.50. The molecule has 5 nitrogen and oxygen atoms in total. The Bertz CT molecular complexity index is 620. The van der Waals surface area contributed by atoms with Crippen molar-refractivity contribution in [2.45, 2.75) is 26.9 Å². The highest BCUT2D eigenvalue weighted by molar-refractivity contribution is 5.93. The number of carbonyl (C=O) groups excluding carboxylic acids is 1. The number of amides is 1. The minimum Gasteiger partial charge on any atom is -0.493 e. The summed E-state index contributed by atoms with van der Waals surface area (Å²) >= 11 is 0. The lowest BCUT2D eigenvalue weighted by molar-refractivity contribution is 0.0950. The molecule has 0 fully saturated rings. The van der Waals surface area contributed by atoms with Crippen LogP contribution in [0.25, 0.3) is 0 Å². The number of para-hydroxylation sites is 1. The van der Waals surface area contributed by atoms with Crippen LogP contribution in [-0.2, 0) is 13.1 Å². The Kier molecular flexibility index (Phi) is 5.61. The van der Waals surface area contributed by atoms with E-state index in [1.54, 1.807) is 6.07 Å². The standard InChI is InChI=1S/C17H22N2O3/c1-12(2)10-22-16-6-4-3-5-13(16)9-19-17(20)14-7-15(8-18)21-11-14/h3-7,11-12H,8-10,18H2,1-2H3,(H,19,20). The molecule has 2 aromatic rings. The Morgan fingerprint density at radius 1 is 1.36 bits per heavy atom. The second kappa shape index (κ2) is 7.66. The molecule has 0 bridgehead atoms. The highest BCUT2D eigenvalue weighted by atomic mass is 16.5. The molecule has 2 rings (SSSR count). The maximum atomic E-state index is 12.1. The van der Waals surface area contributed by atoms with Gasteiger partial charge in [0.05, 0.1) is 18.7 Å². The molecule has 22 heavy (non-hydrogen) atoms. The van der Waals surface area contributed by atoms with E-state index < -0.39 is 0 Å². The number of carbonyl (C=O) groups is 1. The molecule has 1 amide bonds. The average Bonchev–Trinajstić information content (AvgIpc) is 3.00. The molecule has 0 spiro atoms. The zero-order valence-electron chi connectivity index (χ0n) is 13.0. The lowest BCUT2D eigenvalue weighted by Gasteiger charge is -2.13. The Labute approximate surface area is 130 Å². The van der Waals surface area contributed by atoms with Crippen molar-refractivity contribution in [3.8, 4) is 5.75 Å². The third-order valence-electron chi connectivity index (χ3n) is 3.10. The first-order valence-electron chi connectivity index (χ1n) is 7.36. The maximum absolute atomic E-state index is 12.1. The van der Waals surface area contributed by atoms with Gasteiger partial charge in [0.15, 0.2) is 0 Å². The number of rotatable bonds is 7. The molecule has 0 saturated heterocycles. The maximum Gasteiger partial charge on any atom is 0.254 e. The molecule has 1 aromatic heterocycles. The monoisotopic (exact) mass is 302 g/mol. The van der Waals surface area contributed by atoms with Crippen molar-refractivity contribution in [1.29, 1.82) is 0 Å². The minimum atomic E-state index is -0.192. The van der Waals surface area contributed by atoms with E-state index in [1.165, 1.54) is 6.26 Å². The van der Waals surface area contributed by atoms with E-state index in [-0.39, 0.29) is 12.5 Å². The van der Waals surface area contributed by atoms with Crippen molar-refractivity contribution in [2.75, 3.05) is 6.61 Å². The van der Waals surface area contributed by atoms with Crippen LogP contribution >= 0.6 is 0 Å². The molecular weight excluding hydrogens is 280 g/mol. The van der Waals surface area contributed by atoms with Gasteiger partial charge in [-0.25, -0.2) is 0 Å². The van der Waals surface area contributed by atoms with Crippen molar-refractivity contribution < 1.29 is 13.9 Å². The molecule has 1 heterocycles. The number of nitrogens with one attached hydrogen (secondary N) is 1. The second-order valence-corrected chi connectivity index (χ2v) is 5.50. The van der Waals surface area contributed by atoms with Crippen molar-refractivity contribution in [3.63, 3.8) is 0 Å². The van der Waals surface area contributed by atoms with E-state index in [9.17, 15) is 4.79 Å². The van der Waals surface area contributed by atoms with E-state index >= 15 is 0 Å². The van der Waals surface area contributed by atoms with Crippen molar-refractivity contribution >= 4 is 5.91 Å². The summed E-state index contributed by atoms with van der Waals surface area (Å²) in [5.74, 6) is 1.64. The predicted octanol–water partition coefficient (Wildman–Crippen LogP) is 2.70. The van der Waals surface area contributed by atoms with Gasteiger partial charge in [0, 0.05) is 12.1 Å². The SMILES string of the molecule is CC(C)COc1ccccc1CNC(=O)c1coc(CN)c1. The molecule has 0 aliphatic heterocycles. The van der Waals surface area contributed by atoms with Crippen LogP contribution in [-0.4, -0.2) is 12.5 Å². The summed E-state index contributed by atoms with van der Waals surface area (Å²) in [6.45, 7) is 5.51. The highest BCUT2D eigenvalue weighted by Crippen LogP contribution is 2.18. The number of ether oxygens (including phenoxy) is 1. The van der Waals surface area contributed by atoms with Crippen molar-refractivity contribution in [3.05, 3.63) is 53.5 Å². The smallest absolute Gasteiger partial charge is 0.254 e. The number of furan rings is 1. The first kappa shape index (κ1) is 16.1. The van der Waals surface area contributed by atoms with E-state index in [0.29, 0.717) is 30.4 Å². The highest BCUT2D eigenvalue weighted by Gasteiger charge is 2.11. The minimum absolute atomic E-state index is 0.192. The Hall–Kier alpha value is -2.27. The molecule has 0 unspecified atom stereocenters. The molecule has 0 saturated carbocycles. The van der Waals surface area contributed by atoms with E-state index in [2.05, 4.69) is 19.2 Å². The van der Waals surface area contributed by atoms with Gasteiger partial charge in [0.2, 0.25) is 0 Å². The van der Waals surface area contributed by atoms with Crippen LogP contribution < -0.4 is 15.8 Å². The molecule has 0 atom stereocenters. The van der Waals surface area contributed by atoms with Crippen LogP contribution in [0.1, 0.15) is 35.5 Å². The van der Waals surface area contributed by atoms with Crippen LogP contribution in [0.15, 0.2) is 41.0 Å². The zero-order chi connectivity index (χ0) is 15.9. The van der Waals surface area contributed by atoms with Gasteiger partial charge in [-0.05, 0) is 18.1 Å². The third-order valence-corrected chi connectivity index (χ3v) is 3.10. The molecule has 0 radical (unpaired) electrons. The Balaban J connectivity index is 1.97. The summed E-state index contributed by atoms with van der Waals surface area (Å²) in [4.78, 5) is 12.1. The average molecular weight is 302 g/mol. The van der Waals surface area contributed by atoms with Crippen LogP contribution in [0.5, 0.6) is 5.75 Å². The summed E-state index contributed by atoms with van der Waals surface area (Å²) in [5.41, 5.74) is 6.88. The zero-order valence-corrected chi connectivity index (χ0v) is 13.0. The lowest BCUT2D eigenvalue weighted by atomic mass is 10.2. The van der Waals surface area contributed by atoms with Crippen LogP contribution in [0.4, 0.5) is 0 Å². The van der Waals surface area contributed by atoms with Crippen LogP contribution in [0.3, 0.4) is 0 Å². The van der Waals surface area contributed by atoms with Crippen molar-refractivity contribution in [2.24, 2.45) is 11.7 Å². The lowest BCUT2D eigenvalue weighted by Crippen LogP contribution is -2.22. The van der Waals surface area contributed by atoms with E-state index in [0.717, 1.165) is 11.3 Å². The van der Waals surface area contributed by atoms with Crippen LogP contribution in [0.2, 0.25) is 0 Å². The van der Waals surface area contributed by atoms with E-state index in [4.69, 9.17) is 14.9 Å². The van der Waals surface area contributed by atoms with E-state index in [1.807, 2.05) is 24.3 Å². The molecule has 1 aromatic carbocycles. The fourth-order valence-corrected chi connectivity index (χ4v) is 1.93. The molecule has 118 valence electrons. The van der Waals surface area contributed by atoms with Gasteiger partial charge >= 0.3 is 0 Å². The quantitative estimate of drug-likeness (QED) is 0.824. The number of hydrogen-bond acceptors (Lipinski definition) is 4. The summed E-state index contributed by atoms with van der Waals surface area (Å²) in [5, 5.41) is 2.86. The fraction of sp³-hybridized carbons (Fsp3) is 0.353. The number of nitrogens with two attached hydrogens (primary N) is 1. The Morgan fingerprint density at radius 2 is 2.14 bits per heavy atom. The largest absolute Gasteiger partial charge is 0.493 e. The van der Waals surface area contributed by atoms with Gasteiger partial charge in [-0.2, -0.15) is 0 Å². The summed E-state index contributed by atoms with van der Waals surface area (Å²) in [7, 11) is 0.